The number of hydrogen-bond acceptors (Lipinski definition) is 8. The summed E-state index contributed by atoms with van der Waals surface area (Å²) >= 11 is 7.36. The van der Waals surface area contributed by atoms with Gasteiger partial charge in [0.05, 0.1) is 11.5 Å². The van der Waals surface area contributed by atoms with Crippen molar-refractivity contribution < 1.29 is 5.11 Å². The first kappa shape index (κ1) is 19.9. The van der Waals surface area contributed by atoms with Crippen LogP contribution >= 0.6 is 23.4 Å². The Morgan fingerprint density at radius 3 is 2.46 bits per heavy atom. The topological polar surface area (TPSA) is 110 Å². The van der Waals surface area contributed by atoms with Crippen LogP contribution < -0.4 is 11.1 Å². The number of hydrogen-bond donors (Lipinski definition) is 3. The predicted molar refractivity (Wildman–Crippen MR) is 104 cm³/mol. The zero-order valence-corrected chi connectivity index (χ0v) is 15.7. The van der Waals surface area contributed by atoms with Crippen molar-refractivity contribution in [2.24, 2.45) is 0 Å². The standard InChI is InChI=1S/C13H15ClN4OS.C4H4N2/c1-8(7-19)17-12-11(6-16-13(15)18-12)20-10-4-2-9(14)3-5-10;1-2-5-4-6-3-1/h2-6,8,19H,7H2,1H3,(H3,15,16,17,18);1-4H. The molecule has 3 rings (SSSR count). The van der Waals surface area contributed by atoms with E-state index >= 15 is 0 Å². The highest BCUT2D eigenvalue weighted by Crippen LogP contribution is 2.33. The maximum Gasteiger partial charge on any atom is 0.221 e. The molecule has 4 N–H and O–H groups in total. The largest absolute Gasteiger partial charge is 0.394 e. The number of aliphatic hydroxyl groups is 1. The molecule has 0 saturated heterocycles. The Balaban J connectivity index is 0.000000342. The van der Waals surface area contributed by atoms with Crippen LogP contribution in [-0.2, 0) is 0 Å². The molecule has 0 spiro atoms. The lowest BCUT2D eigenvalue weighted by Gasteiger charge is -2.14. The van der Waals surface area contributed by atoms with Gasteiger partial charge in [-0.3, -0.25) is 0 Å². The molecule has 2 heterocycles. The van der Waals surface area contributed by atoms with E-state index in [9.17, 15) is 0 Å². The van der Waals surface area contributed by atoms with E-state index in [4.69, 9.17) is 22.4 Å². The summed E-state index contributed by atoms with van der Waals surface area (Å²) in [5.74, 6) is 0.803. The van der Waals surface area contributed by atoms with Gasteiger partial charge in [-0.05, 0) is 37.3 Å². The molecular formula is C17H19ClN6OS. The van der Waals surface area contributed by atoms with Gasteiger partial charge in [-0.15, -0.1) is 0 Å². The Labute approximate surface area is 161 Å². The third kappa shape index (κ3) is 6.83. The number of aromatic nitrogens is 4. The van der Waals surface area contributed by atoms with E-state index in [1.807, 2.05) is 31.2 Å². The minimum atomic E-state index is -0.117. The quantitative estimate of drug-likeness (QED) is 0.609. The van der Waals surface area contributed by atoms with Gasteiger partial charge < -0.3 is 16.2 Å². The van der Waals surface area contributed by atoms with Crippen LogP contribution in [0, 0.1) is 0 Å². The second kappa shape index (κ2) is 10.5. The molecule has 0 aliphatic carbocycles. The molecule has 0 radical (unpaired) electrons. The van der Waals surface area contributed by atoms with Gasteiger partial charge >= 0.3 is 0 Å². The molecule has 1 atom stereocenters. The van der Waals surface area contributed by atoms with Gasteiger partial charge in [-0.2, -0.15) is 4.98 Å². The lowest BCUT2D eigenvalue weighted by atomic mass is 10.3. The Morgan fingerprint density at radius 1 is 1.23 bits per heavy atom. The maximum absolute atomic E-state index is 9.12. The molecule has 26 heavy (non-hydrogen) atoms. The van der Waals surface area contributed by atoms with Crippen molar-refractivity contribution in [2.75, 3.05) is 17.7 Å². The zero-order valence-electron chi connectivity index (χ0n) is 14.1. The van der Waals surface area contributed by atoms with E-state index in [1.54, 1.807) is 24.7 Å². The Kier molecular flexibility index (Phi) is 8.07. The number of nitrogens with one attached hydrogen (secondary N) is 1. The molecule has 0 aliphatic heterocycles. The summed E-state index contributed by atoms with van der Waals surface area (Å²) in [5, 5.41) is 12.9. The molecular weight excluding hydrogens is 372 g/mol. The third-order valence-corrected chi connectivity index (χ3v) is 4.23. The fraction of sp³-hybridized carbons (Fsp3) is 0.176. The van der Waals surface area contributed by atoms with Crippen molar-refractivity contribution in [3.63, 3.8) is 0 Å². The lowest BCUT2D eigenvalue weighted by molar-refractivity contribution is 0.281. The van der Waals surface area contributed by atoms with Crippen molar-refractivity contribution in [1.29, 1.82) is 0 Å². The number of nitrogens with zero attached hydrogens (tertiary/aromatic N) is 4. The van der Waals surface area contributed by atoms with Crippen molar-refractivity contribution >= 4 is 35.1 Å². The molecule has 0 aliphatic rings. The van der Waals surface area contributed by atoms with Gasteiger partial charge in [0.1, 0.15) is 12.1 Å². The van der Waals surface area contributed by atoms with Crippen molar-refractivity contribution in [1.82, 2.24) is 19.9 Å². The third-order valence-electron chi connectivity index (χ3n) is 2.95. The smallest absolute Gasteiger partial charge is 0.221 e. The number of rotatable bonds is 5. The van der Waals surface area contributed by atoms with Crippen LogP contribution in [-0.4, -0.2) is 37.7 Å². The summed E-state index contributed by atoms with van der Waals surface area (Å²) in [5.41, 5.74) is 5.61. The second-order valence-corrected chi connectivity index (χ2v) is 6.68. The molecule has 0 fully saturated rings. The average Bonchev–Trinajstić information content (AvgIpc) is 2.67. The first-order chi connectivity index (χ1) is 12.6. The molecule has 7 nitrogen and oxygen atoms in total. The van der Waals surface area contributed by atoms with Gasteiger partial charge in [0.15, 0.2) is 0 Å². The van der Waals surface area contributed by atoms with Crippen LogP contribution in [0.5, 0.6) is 0 Å². The number of nitrogens with two attached hydrogens (primary N) is 1. The average molecular weight is 391 g/mol. The van der Waals surface area contributed by atoms with Crippen LogP contribution in [0.1, 0.15) is 6.92 Å². The van der Waals surface area contributed by atoms with Gasteiger partial charge in [0.25, 0.3) is 0 Å². The Morgan fingerprint density at radius 2 is 1.92 bits per heavy atom. The van der Waals surface area contributed by atoms with E-state index in [0.29, 0.717) is 10.8 Å². The number of nitrogen functional groups attached to an aromatic ring is 1. The number of benzene rings is 1. The summed E-state index contributed by atoms with van der Waals surface area (Å²) in [4.78, 5) is 17.4. The molecule has 9 heteroatoms. The highest BCUT2D eigenvalue weighted by atomic mass is 35.5. The lowest BCUT2D eigenvalue weighted by Crippen LogP contribution is -2.21. The summed E-state index contributed by atoms with van der Waals surface area (Å²) in [6.45, 7) is 1.87. The van der Waals surface area contributed by atoms with Gasteiger partial charge in [0.2, 0.25) is 5.95 Å². The van der Waals surface area contributed by atoms with Crippen LogP contribution in [0.4, 0.5) is 11.8 Å². The molecule has 0 bridgehead atoms. The van der Waals surface area contributed by atoms with Crippen LogP contribution in [0.25, 0.3) is 0 Å². The van der Waals surface area contributed by atoms with Crippen LogP contribution in [0.2, 0.25) is 5.02 Å². The predicted octanol–water partition coefficient (Wildman–Crippen LogP) is 3.13. The Hall–Kier alpha value is -2.42. The second-order valence-electron chi connectivity index (χ2n) is 5.13. The Bertz CT molecular complexity index is 764. The molecule has 0 saturated carbocycles. The van der Waals surface area contributed by atoms with E-state index in [2.05, 4.69) is 25.3 Å². The number of aliphatic hydroxyl groups excluding tert-OH is 1. The maximum atomic E-state index is 9.12. The fourth-order valence-corrected chi connectivity index (χ4v) is 2.68. The van der Waals surface area contributed by atoms with E-state index < -0.39 is 0 Å². The summed E-state index contributed by atoms with van der Waals surface area (Å²) < 4.78 is 0. The van der Waals surface area contributed by atoms with E-state index in [0.717, 1.165) is 9.79 Å². The van der Waals surface area contributed by atoms with Gasteiger partial charge in [-0.1, -0.05) is 23.4 Å². The molecule has 136 valence electrons. The number of halogens is 1. The van der Waals surface area contributed by atoms with Crippen molar-refractivity contribution in [3.8, 4) is 0 Å². The number of anilines is 2. The van der Waals surface area contributed by atoms with Crippen LogP contribution in [0.15, 0.2) is 65.0 Å². The highest BCUT2D eigenvalue weighted by molar-refractivity contribution is 7.99. The summed E-state index contributed by atoms with van der Waals surface area (Å²) in [6, 6.07) is 9.15. The normalized spacial score (nSPS) is 11.2. The van der Waals surface area contributed by atoms with Crippen molar-refractivity contribution in [2.45, 2.75) is 22.8 Å². The minimum Gasteiger partial charge on any atom is -0.394 e. The molecule has 0 amide bonds. The van der Waals surface area contributed by atoms with Crippen molar-refractivity contribution in [3.05, 3.63) is 60.3 Å². The summed E-state index contributed by atoms with van der Waals surface area (Å²) in [7, 11) is 0. The molecule has 1 unspecified atom stereocenters. The first-order valence-corrected chi connectivity index (χ1v) is 8.91. The van der Waals surface area contributed by atoms with Gasteiger partial charge in [0, 0.05) is 34.6 Å². The monoisotopic (exact) mass is 390 g/mol. The van der Waals surface area contributed by atoms with Crippen LogP contribution in [0.3, 0.4) is 0 Å². The highest BCUT2D eigenvalue weighted by Gasteiger charge is 2.10. The first-order valence-electron chi connectivity index (χ1n) is 7.71. The van der Waals surface area contributed by atoms with Gasteiger partial charge in [-0.25, -0.2) is 15.0 Å². The van der Waals surface area contributed by atoms with E-state index in [-0.39, 0.29) is 18.6 Å². The zero-order chi connectivity index (χ0) is 18.8. The molecule has 1 aromatic carbocycles. The fourth-order valence-electron chi connectivity index (χ4n) is 1.72. The SMILES string of the molecule is CC(CO)Nc1nc(N)ncc1Sc1ccc(Cl)cc1.c1cncnc1. The molecule has 2 aromatic heterocycles. The molecule has 3 aromatic rings. The van der Waals surface area contributed by atoms with E-state index in [1.165, 1.54) is 18.1 Å². The minimum absolute atomic E-state index is 0.00889. The summed E-state index contributed by atoms with van der Waals surface area (Å²) in [6.07, 6.45) is 6.54.